The van der Waals surface area contributed by atoms with Gasteiger partial charge in [0.2, 0.25) is 0 Å². The Kier molecular flexibility index (Phi) is 2.99. The molecule has 5 heteroatoms. The number of nitrogens with zero attached hydrogens (tertiary/aromatic N) is 2. The number of methoxy groups -OCH3 is 1. The van der Waals surface area contributed by atoms with Crippen molar-refractivity contribution in [2.24, 2.45) is 0 Å². The fraction of sp³-hybridized carbons (Fsp3) is 0.294. The second-order valence-corrected chi connectivity index (χ2v) is 5.65. The molecule has 0 fully saturated rings. The largest absolute Gasteiger partial charge is 0.497 e. The SMILES string of the molecule is COc1cccc(-c2cn3c(=O)[nH]c4c(c3n2)CCCC4)c1. The van der Waals surface area contributed by atoms with Gasteiger partial charge in [-0.15, -0.1) is 0 Å². The van der Waals surface area contributed by atoms with Gasteiger partial charge in [0.15, 0.2) is 0 Å². The lowest BCUT2D eigenvalue weighted by molar-refractivity contribution is 0.415. The first-order valence-electron chi connectivity index (χ1n) is 7.54. The van der Waals surface area contributed by atoms with Gasteiger partial charge in [0.25, 0.3) is 0 Å². The molecule has 0 bridgehead atoms. The summed E-state index contributed by atoms with van der Waals surface area (Å²) in [6.45, 7) is 0. The number of hydrogen-bond donors (Lipinski definition) is 1. The van der Waals surface area contributed by atoms with Crippen LogP contribution in [0.15, 0.2) is 35.3 Å². The smallest absolute Gasteiger partial charge is 0.331 e. The minimum atomic E-state index is -0.114. The van der Waals surface area contributed by atoms with E-state index in [4.69, 9.17) is 9.72 Å². The minimum Gasteiger partial charge on any atom is -0.497 e. The topological polar surface area (TPSA) is 59.4 Å². The molecule has 0 aliphatic heterocycles. The summed E-state index contributed by atoms with van der Waals surface area (Å²) in [4.78, 5) is 20.0. The first kappa shape index (κ1) is 13.1. The van der Waals surface area contributed by atoms with Crippen molar-refractivity contribution in [3.05, 3.63) is 52.2 Å². The third kappa shape index (κ3) is 2.01. The van der Waals surface area contributed by atoms with Crippen LogP contribution in [0.4, 0.5) is 0 Å². The highest BCUT2D eigenvalue weighted by Gasteiger charge is 2.18. The average Bonchev–Trinajstić information content (AvgIpc) is 3.01. The Labute approximate surface area is 127 Å². The van der Waals surface area contributed by atoms with E-state index in [-0.39, 0.29) is 5.69 Å². The van der Waals surface area contributed by atoms with Crippen LogP contribution in [0.3, 0.4) is 0 Å². The van der Waals surface area contributed by atoms with Gasteiger partial charge in [-0.3, -0.25) is 4.40 Å². The van der Waals surface area contributed by atoms with Crippen molar-refractivity contribution < 1.29 is 4.74 Å². The fourth-order valence-electron chi connectivity index (χ4n) is 3.15. The number of rotatable bonds is 2. The standard InChI is InChI=1S/C17H17N3O2/c1-22-12-6-4-5-11(9-12)15-10-20-16(18-15)13-7-2-3-8-14(13)19-17(20)21/h4-6,9-10H,2-3,7-8H2,1H3,(H,19,21). The number of ether oxygens (including phenoxy) is 1. The van der Waals surface area contributed by atoms with Gasteiger partial charge in [-0.2, -0.15) is 0 Å². The van der Waals surface area contributed by atoms with Gasteiger partial charge in [-0.25, -0.2) is 9.78 Å². The summed E-state index contributed by atoms with van der Waals surface area (Å²) in [5, 5.41) is 0. The van der Waals surface area contributed by atoms with E-state index >= 15 is 0 Å². The molecule has 0 amide bonds. The molecule has 5 nitrogen and oxygen atoms in total. The molecule has 3 aromatic rings. The van der Waals surface area contributed by atoms with Gasteiger partial charge >= 0.3 is 5.69 Å². The molecular formula is C17H17N3O2. The van der Waals surface area contributed by atoms with E-state index in [1.807, 2.05) is 24.3 Å². The molecule has 0 atom stereocenters. The lowest BCUT2D eigenvalue weighted by Gasteiger charge is -2.15. The van der Waals surface area contributed by atoms with Gasteiger partial charge in [-0.1, -0.05) is 12.1 Å². The molecule has 0 radical (unpaired) electrons. The molecule has 4 rings (SSSR count). The van der Waals surface area contributed by atoms with Crippen molar-refractivity contribution in [1.82, 2.24) is 14.4 Å². The van der Waals surface area contributed by atoms with E-state index < -0.39 is 0 Å². The van der Waals surface area contributed by atoms with Crippen molar-refractivity contribution in [1.29, 1.82) is 0 Å². The molecule has 2 aromatic heterocycles. The second-order valence-electron chi connectivity index (χ2n) is 5.65. The van der Waals surface area contributed by atoms with Crippen LogP contribution in [-0.2, 0) is 12.8 Å². The second kappa shape index (κ2) is 5.02. The number of H-pyrrole nitrogens is 1. The number of nitrogens with one attached hydrogen (secondary N) is 1. The maximum atomic E-state index is 12.3. The van der Waals surface area contributed by atoms with Gasteiger partial charge in [0, 0.05) is 23.0 Å². The van der Waals surface area contributed by atoms with Crippen molar-refractivity contribution in [3.63, 3.8) is 0 Å². The molecule has 1 aliphatic rings. The summed E-state index contributed by atoms with van der Waals surface area (Å²) in [6, 6.07) is 7.74. The molecule has 22 heavy (non-hydrogen) atoms. The van der Waals surface area contributed by atoms with Crippen LogP contribution < -0.4 is 10.4 Å². The summed E-state index contributed by atoms with van der Waals surface area (Å²) in [7, 11) is 1.64. The van der Waals surface area contributed by atoms with E-state index in [1.165, 1.54) is 5.56 Å². The highest BCUT2D eigenvalue weighted by Crippen LogP contribution is 2.26. The Morgan fingerprint density at radius 3 is 3.00 bits per heavy atom. The number of aromatic nitrogens is 3. The van der Waals surface area contributed by atoms with Gasteiger partial charge in [0.05, 0.1) is 12.8 Å². The van der Waals surface area contributed by atoms with E-state index in [2.05, 4.69) is 4.98 Å². The monoisotopic (exact) mass is 295 g/mol. The fourth-order valence-corrected chi connectivity index (χ4v) is 3.15. The predicted octanol–water partition coefficient (Wildman–Crippen LogP) is 2.58. The van der Waals surface area contributed by atoms with Gasteiger partial charge < -0.3 is 9.72 Å². The molecule has 0 saturated carbocycles. The Morgan fingerprint density at radius 2 is 2.14 bits per heavy atom. The molecule has 0 unspecified atom stereocenters. The number of fused-ring (bicyclic) bond motifs is 3. The molecule has 0 spiro atoms. The van der Waals surface area contributed by atoms with E-state index in [1.54, 1.807) is 17.7 Å². The molecule has 112 valence electrons. The summed E-state index contributed by atoms with van der Waals surface area (Å²) in [5.41, 5.74) is 4.65. The predicted molar refractivity (Wildman–Crippen MR) is 84.4 cm³/mol. The number of hydrogen-bond acceptors (Lipinski definition) is 3. The maximum absolute atomic E-state index is 12.3. The highest BCUT2D eigenvalue weighted by molar-refractivity contribution is 5.66. The summed E-state index contributed by atoms with van der Waals surface area (Å²) < 4.78 is 6.89. The number of benzene rings is 1. The van der Waals surface area contributed by atoms with Crippen LogP contribution in [0, 0.1) is 0 Å². The molecule has 0 saturated heterocycles. The maximum Gasteiger partial charge on any atom is 0.331 e. The quantitative estimate of drug-likeness (QED) is 0.790. The molecule has 1 N–H and O–H groups in total. The Hall–Kier alpha value is -2.56. The van der Waals surface area contributed by atoms with Gasteiger partial charge in [-0.05, 0) is 37.8 Å². The molecule has 1 aliphatic carbocycles. The van der Waals surface area contributed by atoms with Crippen LogP contribution in [0.2, 0.25) is 0 Å². The van der Waals surface area contributed by atoms with Crippen LogP contribution in [-0.4, -0.2) is 21.5 Å². The number of aryl methyl sites for hydroxylation is 2. The van der Waals surface area contributed by atoms with Crippen LogP contribution in [0.1, 0.15) is 24.1 Å². The van der Waals surface area contributed by atoms with Crippen LogP contribution >= 0.6 is 0 Å². The van der Waals surface area contributed by atoms with Gasteiger partial charge in [0.1, 0.15) is 11.4 Å². The van der Waals surface area contributed by atoms with E-state index in [0.717, 1.165) is 54.0 Å². The third-order valence-electron chi connectivity index (χ3n) is 4.29. The average molecular weight is 295 g/mol. The minimum absolute atomic E-state index is 0.114. The summed E-state index contributed by atoms with van der Waals surface area (Å²) in [6.07, 6.45) is 5.99. The zero-order valence-electron chi connectivity index (χ0n) is 12.4. The van der Waals surface area contributed by atoms with Crippen molar-refractivity contribution >= 4 is 5.65 Å². The lowest BCUT2D eigenvalue weighted by atomic mass is 9.97. The highest BCUT2D eigenvalue weighted by atomic mass is 16.5. The van der Waals surface area contributed by atoms with Crippen molar-refractivity contribution in [2.45, 2.75) is 25.7 Å². The van der Waals surface area contributed by atoms with Crippen LogP contribution in [0.5, 0.6) is 5.75 Å². The Balaban J connectivity index is 1.93. The molecular weight excluding hydrogens is 278 g/mol. The zero-order chi connectivity index (χ0) is 15.1. The Morgan fingerprint density at radius 1 is 1.27 bits per heavy atom. The zero-order valence-corrected chi connectivity index (χ0v) is 12.4. The van der Waals surface area contributed by atoms with Crippen molar-refractivity contribution in [3.8, 4) is 17.0 Å². The number of imidazole rings is 1. The summed E-state index contributed by atoms with van der Waals surface area (Å²) in [5.74, 6) is 0.783. The van der Waals surface area contributed by atoms with Crippen molar-refractivity contribution in [2.75, 3.05) is 7.11 Å². The summed E-state index contributed by atoms with van der Waals surface area (Å²) >= 11 is 0. The molecule has 2 heterocycles. The van der Waals surface area contributed by atoms with E-state index in [9.17, 15) is 4.79 Å². The lowest BCUT2D eigenvalue weighted by Crippen LogP contribution is -2.21. The normalized spacial score (nSPS) is 14.0. The first-order chi connectivity index (χ1) is 10.8. The first-order valence-corrected chi connectivity index (χ1v) is 7.54. The third-order valence-corrected chi connectivity index (χ3v) is 4.29. The van der Waals surface area contributed by atoms with E-state index in [0.29, 0.717) is 0 Å². The number of aromatic amines is 1. The van der Waals surface area contributed by atoms with Crippen LogP contribution in [0.25, 0.3) is 16.9 Å². The molecule has 1 aromatic carbocycles. The Bertz CT molecular complexity index is 908.